The van der Waals surface area contributed by atoms with Crippen LogP contribution in [0.3, 0.4) is 0 Å². The molecule has 0 spiro atoms. The van der Waals surface area contributed by atoms with Crippen molar-refractivity contribution in [1.29, 1.82) is 0 Å². The summed E-state index contributed by atoms with van der Waals surface area (Å²) in [6.45, 7) is 0. The Bertz CT molecular complexity index is 658. The molecule has 0 N–H and O–H groups in total. The lowest BCUT2D eigenvalue weighted by molar-refractivity contribution is -0.125. The molecule has 1 aliphatic rings. The van der Waals surface area contributed by atoms with Crippen molar-refractivity contribution < 1.29 is 14.4 Å². The number of carbonyl (C=O) groups excluding carboxylic acids is 3. The molecule has 0 bridgehead atoms. The highest BCUT2D eigenvalue weighted by Crippen LogP contribution is 2.30. The molecular formula is C20H18O3. The molecular weight excluding hydrogens is 288 g/mol. The zero-order valence-corrected chi connectivity index (χ0v) is 12.8. The smallest absolute Gasteiger partial charge is 0.173 e. The number of rotatable bonds is 4. The van der Waals surface area contributed by atoms with Crippen LogP contribution in [-0.4, -0.2) is 17.3 Å². The van der Waals surface area contributed by atoms with Crippen LogP contribution in [0.4, 0.5) is 0 Å². The molecule has 23 heavy (non-hydrogen) atoms. The van der Waals surface area contributed by atoms with Crippen molar-refractivity contribution >= 4 is 17.3 Å². The molecule has 2 atom stereocenters. The average Bonchev–Trinajstić information content (AvgIpc) is 2.62. The van der Waals surface area contributed by atoms with Crippen LogP contribution in [0.15, 0.2) is 60.7 Å². The second-order valence-electron chi connectivity index (χ2n) is 5.90. The number of carbonyl (C=O) groups is 3. The van der Waals surface area contributed by atoms with Gasteiger partial charge in [0.2, 0.25) is 0 Å². The number of ketones is 3. The molecule has 2 unspecified atom stereocenters. The minimum absolute atomic E-state index is 0.166. The fourth-order valence-electron chi connectivity index (χ4n) is 3.18. The van der Waals surface area contributed by atoms with E-state index in [1.54, 1.807) is 48.5 Å². The first kappa shape index (κ1) is 15.3. The molecule has 116 valence electrons. The number of hydrogen-bond donors (Lipinski definition) is 0. The van der Waals surface area contributed by atoms with E-state index < -0.39 is 11.8 Å². The Morgan fingerprint density at radius 1 is 0.696 bits per heavy atom. The second kappa shape index (κ2) is 6.69. The molecule has 0 heterocycles. The maximum Gasteiger partial charge on any atom is 0.173 e. The first-order valence-corrected chi connectivity index (χ1v) is 7.90. The molecule has 0 amide bonds. The molecule has 3 nitrogen and oxygen atoms in total. The van der Waals surface area contributed by atoms with Crippen molar-refractivity contribution in [3.63, 3.8) is 0 Å². The van der Waals surface area contributed by atoms with Crippen molar-refractivity contribution in [1.82, 2.24) is 0 Å². The van der Waals surface area contributed by atoms with Gasteiger partial charge in [-0.2, -0.15) is 0 Å². The van der Waals surface area contributed by atoms with E-state index in [0.29, 0.717) is 24.0 Å². The van der Waals surface area contributed by atoms with Crippen molar-refractivity contribution in [3.8, 4) is 0 Å². The summed E-state index contributed by atoms with van der Waals surface area (Å²) in [6, 6.07) is 17.7. The van der Waals surface area contributed by atoms with Crippen molar-refractivity contribution in [2.75, 3.05) is 0 Å². The molecule has 0 saturated heterocycles. The number of hydrogen-bond acceptors (Lipinski definition) is 3. The Morgan fingerprint density at radius 2 is 1.09 bits per heavy atom. The van der Waals surface area contributed by atoms with Gasteiger partial charge in [-0.1, -0.05) is 67.1 Å². The van der Waals surface area contributed by atoms with Gasteiger partial charge in [-0.15, -0.1) is 0 Å². The van der Waals surface area contributed by atoms with E-state index in [1.165, 1.54) is 0 Å². The van der Waals surface area contributed by atoms with Gasteiger partial charge in [0.1, 0.15) is 0 Å². The van der Waals surface area contributed by atoms with Crippen LogP contribution in [0.25, 0.3) is 0 Å². The van der Waals surface area contributed by atoms with Gasteiger partial charge in [-0.05, 0) is 12.8 Å². The highest BCUT2D eigenvalue weighted by Gasteiger charge is 2.39. The molecule has 1 aliphatic carbocycles. The van der Waals surface area contributed by atoms with E-state index in [4.69, 9.17) is 0 Å². The number of Topliss-reactive ketones (excluding diaryl/α,β-unsaturated/α-hetero) is 3. The van der Waals surface area contributed by atoms with E-state index in [1.807, 2.05) is 12.1 Å². The lowest BCUT2D eigenvalue weighted by atomic mass is 9.74. The Kier molecular flexibility index (Phi) is 4.47. The fourth-order valence-corrected chi connectivity index (χ4v) is 3.18. The molecule has 3 heteroatoms. The van der Waals surface area contributed by atoms with Crippen LogP contribution in [0.5, 0.6) is 0 Å². The summed E-state index contributed by atoms with van der Waals surface area (Å²) >= 11 is 0. The predicted octanol–water partition coefficient (Wildman–Crippen LogP) is 3.74. The topological polar surface area (TPSA) is 51.2 Å². The van der Waals surface area contributed by atoms with Gasteiger partial charge in [0.05, 0.1) is 11.8 Å². The van der Waals surface area contributed by atoms with E-state index in [-0.39, 0.29) is 17.3 Å². The highest BCUT2D eigenvalue weighted by atomic mass is 16.2. The van der Waals surface area contributed by atoms with Crippen molar-refractivity contribution in [2.45, 2.75) is 19.3 Å². The molecule has 2 aromatic carbocycles. The SMILES string of the molecule is O=C(c1ccccc1)C1CCCC(C(=O)c2ccccc2)C1=O. The Labute approximate surface area is 135 Å². The van der Waals surface area contributed by atoms with Crippen LogP contribution in [0.2, 0.25) is 0 Å². The molecule has 0 aliphatic heterocycles. The largest absolute Gasteiger partial charge is 0.298 e. The normalized spacial score (nSPS) is 21.0. The summed E-state index contributed by atoms with van der Waals surface area (Å²) < 4.78 is 0. The van der Waals surface area contributed by atoms with Gasteiger partial charge in [-0.3, -0.25) is 14.4 Å². The third kappa shape index (κ3) is 3.14. The Hall–Kier alpha value is -2.55. The summed E-state index contributed by atoms with van der Waals surface area (Å²) in [5.74, 6) is -1.94. The van der Waals surface area contributed by atoms with Crippen molar-refractivity contribution in [3.05, 3.63) is 71.8 Å². The lowest BCUT2D eigenvalue weighted by Crippen LogP contribution is -2.37. The van der Waals surface area contributed by atoms with E-state index in [2.05, 4.69) is 0 Å². The fraction of sp³-hybridized carbons (Fsp3) is 0.250. The summed E-state index contributed by atoms with van der Waals surface area (Å²) in [4.78, 5) is 37.9. The van der Waals surface area contributed by atoms with Crippen molar-refractivity contribution in [2.24, 2.45) is 11.8 Å². The summed E-state index contributed by atoms with van der Waals surface area (Å²) in [5.41, 5.74) is 1.08. The molecule has 2 aromatic rings. The van der Waals surface area contributed by atoms with E-state index in [0.717, 1.165) is 6.42 Å². The van der Waals surface area contributed by atoms with E-state index in [9.17, 15) is 14.4 Å². The Balaban J connectivity index is 1.82. The van der Waals surface area contributed by atoms with E-state index >= 15 is 0 Å². The molecule has 0 radical (unpaired) electrons. The molecule has 1 fully saturated rings. The molecule has 1 saturated carbocycles. The van der Waals surface area contributed by atoms with Crippen LogP contribution in [0, 0.1) is 11.8 Å². The third-order valence-electron chi connectivity index (χ3n) is 4.42. The average molecular weight is 306 g/mol. The minimum Gasteiger partial charge on any atom is -0.298 e. The van der Waals surface area contributed by atoms with Gasteiger partial charge in [0.15, 0.2) is 17.3 Å². The number of benzene rings is 2. The first-order chi connectivity index (χ1) is 11.2. The quantitative estimate of drug-likeness (QED) is 0.638. The maximum absolute atomic E-state index is 12.7. The summed E-state index contributed by atoms with van der Waals surface area (Å²) in [5, 5.41) is 0. The van der Waals surface area contributed by atoms with Crippen LogP contribution in [0.1, 0.15) is 40.0 Å². The zero-order chi connectivity index (χ0) is 16.2. The second-order valence-corrected chi connectivity index (χ2v) is 5.90. The van der Waals surface area contributed by atoms with Gasteiger partial charge >= 0.3 is 0 Å². The molecule has 3 rings (SSSR count). The molecule has 0 aromatic heterocycles. The van der Waals surface area contributed by atoms with Crippen LogP contribution >= 0.6 is 0 Å². The lowest BCUT2D eigenvalue weighted by Gasteiger charge is -2.26. The van der Waals surface area contributed by atoms with Gasteiger partial charge in [-0.25, -0.2) is 0 Å². The van der Waals surface area contributed by atoms with Crippen LogP contribution < -0.4 is 0 Å². The summed E-state index contributed by atoms with van der Waals surface area (Å²) in [7, 11) is 0. The first-order valence-electron chi connectivity index (χ1n) is 7.90. The minimum atomic E-state index is -0.691. The van der Waals surface area contributed by atoms with Gasteiger partial charge in [0.25, 0.3) is 0 Å². The maximum atomic E-state index is 12.7. The predicted molar refractivity (Wildman–Crippen MR) is 87.4 cm³/mol. The monoisotopic (exact) mass is 306 g/mol. The van der Waals surface area contributed by atoms with Gasteiger partial charge in [0, 0.05) is 11.1 Å². The Morgan fingerprint density at radius 3 is 1.48 bits per heavy atom. The zero-order valence-electron chi connectivity index (χ0n) is 12.8. The third-order valence-corrected chi connectivity index (χ3v) is 4.42. The van der Waals surface area contributed by atoms with Gasteiger partial charge < -0.3 is 0 Å². The highest BCUT2D eigenvalue weighted by molar-refractivity contribution is 6.19. The summed E-state index contributed by atoms with van der Waals surface area (Å²) in [6.07, 6.45) is 1.79. The standard InChI is InChI=1S/C20H18O3/c21-18(14-8-3-1-4-9-14)16-12-7-13-17(20(16)23)19(22)15-10-5-2-6-11-15/h1-6,8-11,16-17H,7,12-13H2. The van der Waals surface area contributed by atoms with Crippen LogP contribution in [-0.2, 0) is 4.79 Å².